The van der Waals surface area contributed by atoms with Gasteiger partial charge in [0.05, 0.1) is 0 Å². The van der Waals surface area contributed by atoms with Gasteiger partial charge >= 0.3 is 0 Å². The zero-order valence-electron chi connectivity index (χ0n) is 18.2. The van der Waals surface area contributed by atoms with Crippen molar-refractivity contribution >= 4 is 32.3 Å². The first-order valence-corrected chi connectivity index (χ1v) is 11.4. The van der Waals surface area contributed by atoms with Gasteiger partial charge in [-0.3, -0.25) is 0 Å². The molecular weight excluding hydrogens is 384 g/mol. The molecule has 6 aromatic rings. The average molecular weight is 409 g/mol. The van der Waals surface area contributed by atoms with Crippen LogP contribution in [-0.4, -0.2) is 0 Å². The van der Waals surface area contributed by atoms with E-state index < -0.39 is 0 Å². The second-order valence-corrected chi connectivity index (χ2v) is 8.44. The molecule has 0 bridgehead atoms. The Hall–Kier alpha value is -3.90. The van der Waals surface area contributed by atoms with Gasteiger partial charge in [0, 0.05) is 0 Å². The fourth-order valence-corrected chi connectivity index (χ4v) is 5.11. The smallest absolute Gasteiger partial charge is 0.00266 e. The fraction of sp³-hybridized carbons (Fsp3) is 0.0625. The molecule has 0 heterocycles. The van der Waals surface area contributed by atoms with Crippen LogP contribution in [0.25, 0.3) is 54.6 Å². The highest BCUT2D eigenvalue weighted by atomic mass is 14.2. The lowest BCUT2D eigenvalue weighted by molar-refractivity contribution is 1.18. The van der Waals surface area contributed by atoms with Crippen molar-refractivity contribution in [3.63, 3.8) is 0 Å². The van der Waals surface area contributed by atoms with E-state index in [0.29, 0.717) is 0 Å². The predicted octanol–water partition coefficient (Wildman–Crippen LogP) is 9.04. The summed E-state index contributed by atoms with van der Waals surface area (Å²) in [5, 5.41) is 7.95. The Balaban J connectivity index is 1.54. The summed E-state index contributed by atoms with van der Waals surface area (Å²) in [5.74, 6) is 0. The van der Waals surface area contributed by atoms with Crippen molar-refractivity contribution in [3.05, 3.63) is 121 Å². The Kier molecular flexibility index (Phi) is 4.51. The summed E-state index contributed by atoms with van der Waals surface area (Å²) in [7, 11) is 0. The molecule has 0 amide bonds. The van der Waals surface area contributed by atoms with Crippen LogP contribution in [0.3, 0.4) is 0 Å². The molecule has 32 heavy (non-hydrogen) atoms. The number of hydrogen-bond donors (Lipinski definition) is 0. The molecule has 0 N–H and O–H groups in total. The van der Waals surface area contributed by atoms with Crippen LogP contribution in [0, 0.1) is 0 Å². The Labute approximate surface area is 188 Å². The molecule has 0 aliphatic heterocycles. The monoisotopic (exact) mass is 408 g/mol. The highest BCUT2D eigenvalue weighted by Gasteiger charge is 2.14. The number of rotatable bonds is 3. The normalized spacial score (nSPS) is 11.4. The summed E-state index contributed by atoms with van der Waals surface area (Å²) in [6.07, 6.45) is 1.03. The molecule has 0 heteroatoms. The van der Waals surface area contributed by atoms with Gasteiger partial charge in [-0.05, 0) is 72.6 Å². The first-order chi connectivity index (χ1) is 15.8. The highest BCUT2D eigenvalue weighted by molar-refractivity contribution is 6.15. The zero-order valence-corrected chi connectivity index (χ0v) is 18.2. The lowest BCUT2D eigenvalue weighted by Gasteiger charge is -2.16. The maximum Gasteiger partial charge on any atom is -0.00266 e. The van der Waals surface area contributed by atoms with Crippen molar-refractivity contribution in [2.45, 2.75) is 13.3 Å². The maximum absolute atomic E-state index is 2.28. The molecule has 0 aliphatic rings. The van der Waals surface area contributed by atoms with E-state index >= 15 is 0 Å². The number of benzene rings is 6. The minimum Gasteiger partial charge on any atom is -0.0616 e. The molecule has 0 unspecified atom stereocenters. The first kappa shape index (κ1) is 18.8. The Morgan fingerprint density at radius 2 is 0.938 bits per heavy atom. The van der Waals surface area contributed by atoms with Crippen molar-refractivity contribution in [2.75, 3.05) is 0 Å². The van der Waals surface area contributed by atoms with Crippen molar-refractivity contribution in [2.24, 2.45) is 0 Å². The minimum absolute atomic E-state index is 1.03. The second kappa shape index (κ2) is 7.66. The average Bonchev–Trinajstić information content (AvgIpc) is 2.87. The van der Waals surface area contributed by atoms with Gasteiger partial charge in [0.1, 0.15) is 0 Å². The van der Waals surface area contributed by atoms with Crippen molar-refractivity contribution in [1.82, 2.24) is 0 Å². The molecule has 6 aromatic carbocycles. The third-order valence-electron chi connectivity index (χ3n) is 6.65. The topological polar surface area (TPSA) is 0 Å². The van der Waals surface area contributed by atoms with Crippen LogP contribution < -0.4 is 0 Å². The van der Waals surface area contributed by atoms with Crippen LogP contribution in [0.4, 0.5) is 0 Å². The van der Waals surface area contributed by atoms with Crippen LogP contribution in [-0.2, 0) is 6.42 Å². The molecule has 0 nitrogen and oxygen atoms in total. The third kappa shape index (κ3) is 2.99. The Bertz CT molecular complexity index is 1530. The SMILES string of the molecule is CCc1c2ccccc2c(-c2ccc(-c3ccc4ccccc4c3)cc2)c2ccccc12. The van der Waals surface area contributed by atoms with E-state index in [2.05, 4.69) is 122 Å². The van der Waals surface area contributed by atoms with E-state index in [1.165, 1.54) is 60.1 Å². The van der Waals surface area contributed by atoms with Crippen molar-refractivity contribution < 1.29 is 0 Å². The molecule has 0 radical (unpaired) electrons. The van der Waals surface area contributed by atoms with Crippen LogP contribution >= 0.6 is 0 Å². The van der Waals surface area contributed by atoms with E-state index in [4.69, 9.17) is 0 Å². The molecule has 0 aromatic heterocycles. The summed E-state index contributed by atoms with van der Waals surface area (Å²) in [4.78, 5) is 0. The van der Waals surface area contributed by atoms with Crippen LogP contribution in [0.2, 0.25) is 0 Å². The molecule has 0 saturated heterocycles. The summed E-state index contributed by atoms with van der Waals surface area (Å²) in [6.45, 7) is 2.26. The number of fused-ring (bicyclic) bond motifs is 3. The van der Waals surface area contributed by atoms with Gasteiger partial charge in [-0.25, -0.2) is 0 Å². The van der Waals surface area contributed by atoms with Gasteiger partial charge in [-0.1, -0.05) is 116 Å². The Morgan fingerprint density at radius 1 is 0.438 bits per heavy atom. The molecule has 152 valence electrons. The molecule has 0 atom stereocenters. The Morgan fingerprint density at radius 3 is 1.56 bits per heavy atom. The lowest BCUT2D eigenvalue weighted by Crippen LogP contribution is -1.92. The molecule has 6 rings (SSSR count). The zero-order chi connectivity index (χ0) is 21.5. The standard InChI is InChI=1S/C32H24/c1-2-27-28-11-5-7-13-30(28)32(31-14-8-6-12-29(27)31)24-18-15-23(16-19-24)26-20-17-22-9-3-4-10-25(22)21-26/h3-21H,2H2,1H3. The van der Waals surface area contributed by atoms with Gasteiger partial charge in [0.25, 0.3) is 0 Å². The van der Waals surface area contributed by atoms with Gasteiger partial charge in [-0.15, -0.1) is 0 Å². The van der Waals surface area contributed by atoms with Crippen molar-refractivity contribution in [3.8, 4) is 22.3 Å². The van der Waals surface area contributed by atoms with Crippen LogP contribution in [0.15, 0.2) is 115 Å². The summed E-state index contributed by atoms with van der Waals surface area (Å²) in [6, 6.07) is 42.1. The van der Waals surface area contributed by atoms with Gasteiger partial charge in [-0.2, -0.15) is 0 Å². The summed E-state index contributed by atoms with van der Waals surface area (Å²) >= 11 is 0. The number of hydrogen-bond acceptors (Lipinski definition) is 0. The van der Waals surface area contributed by atoms with Crippen molar-refractivity contribution in [1.29, 1.82) is 0 Å². The molecular formula is C32H24. The maximum atomic E-state index is 2.28. The van der Waals surface area contributed by atoms with Crippen LogP contribution in [0.1, 0.15) is 12.5 Å². The van der Waals surface area contributed by atoms with Gasteiger partial charge in [0.2, 0.25) is 0 Å². The largest absolute Gasteiger partial charge is 0.0616 e. The first-order valence-electron chi connectivity index (χ1n) is 11.4. The predicted molar refractivity (Wildman–Crippen MR) is 139 cm³/mol. The molecule has 0 fully saturated rings. The quantitative estimate of drug-likeness (QED) is 0.256. The molecule has 0 saturated carbocycles. The van der Waals surface area contributed by atoms with E-state index in [1.54, 1.807) is 0 Å². The van der Waals surface area contributed by atoms with E-state index in [9.17, 15) is 0 Å². The second-order valence-electron chi connectivity index (χ2n) is 8.44. The summed E-state index contributed by atoms with van der Waals surface area (Å²) < 4.78 is 0. The minimum atomic E-state index is 1.03. The van der Waals surface area contributed by atoms with E-state index in [0.717, 1.165) is 6.42 Å². The third-order valence-corrected chi connectivity index (χ3v) is 6.65. The van der Waals surface area contributed by atoms with Gasteiger partial charge in [0.15, 0.2) is 0 Å². The van der Waals surface area contributed by atoms with Gasteiger partial charge < -0.3 is 0 Å². The van der Waals surface area contributed by atoms with E-state index in [1.807, 2.05) is 0 Å². The highest BCUT2D eigenvalue weighted by Crippen LogP contribution is 2.40. The summed E-state index contributed by atoms with van der Waals surface area (Å²) in [5.41, 5.74) is 6.54. The van der Waals surface area contributed by atoms with Crippen LogP contribution in [0.5, 0.6) is 0 Å². The fourth-order valence-electron chi connectivity index (χ4n) is 5.11. The lowest BCUT2D eigenvalue weighted by atomic mass is 9.87. The van der Waals surface area contributed by atoms with E-state index in [-0.39, 0.29) is 0 Å². The molecule has 0 spiro atoms. The molecule has 0 aliphatic carbocycles. The number of aryl methyl sites for hydroxylation is 1.